The molecule has 0 radical (unpaired) electrons. The van der Waals surface area contributed by atoms with E-state index in [0.717, 1.165) is 19.3 Å². The van der Waals surface area contributed by atoms with E-state index in [1.54, 1.807) is 0 Å². The number of nitrogens with one attached hydrogen (secondary N) is 1. The molecule has 3 nitrogen and oxygen atoms in total. The molecule has 2 N–H and O–H groups in total. The smallest absolute Gasteiger partial charge is 0.243 e. The average molecular weight is 265 g/mol. The monoisotopic (exact) mass is 265 g/mol. The molecule has 1 amide bonds. The molecule has 2 fully saturated rings. The van der Waals surface area contributed by atoms with Gasteiger partial charge < -0.3 is 10.4 Å². The maximum Gasteiger partial charge on any atom is 0.243 e. The van der Waals surface area contributed by atoms with Crippen molar-refractivity contribution in [1.82, 2.24) is 5.32 Å². The fraction of sp³-hybridized carbons (Fsp3) is 0.812. The van der Waals surface area contributed by atoms with Gasteiger partial charge in [-0.2, -0.15) is 0 Å². The summed E-state index contributed by atoms with van der Waals surface area (Å²) < 4.78 is 0. The van der Waals surface area contributed by atoms with E-state index in [1.165, 1.54) is 12.5 Å². The molecule has 2 rings (SSSR count). The van der Waals surface area contributed by atoms with Crippen molar-refractivity contribution in [2.24, 2.45) is 16.7 Å². The van der Waals surface area contributed by atoms with Crippen LogP contribution in [0.5, 0.6) is 0 Å². The SMILES string of the molecule is C=CC(=O)NC(CC)[C@@]1(O)C[C@H]2CC[C@]1(C)C2(C)C. The van der Waals surface area contributed by atoms with E-state index >= 15 is 0 Å². The highest BCUT2D eigenvalue weighted by atomic mass is 16.3. The highest BCUT2D eigenvalue weighted by molar-refractivity contribution is 5.87. The quantitative estimate of drug-likeness (QED) is 0.768. The number of hydrogen-bond acceptors (Lipinski definition) is 2. The minimum absolute atomic E-state index is 0.125. The number of rotatable bonds is 4. The molecule has 1 unspecified atom stereocenters. The van der Waals surface area contributed by atoms with E-state index in [-0.39, 0.29) is 22.8 Å². The van der Waals surface area contributed by atoms with E-state index in [1.807, 2.05) is 6.92 Å². The molecule has 108 valence electrons. The second-order valence-electron chi connectivity index (χ2n) is 7.09. The first-order valence-electron chi connectivity index (χ1n) is 7.38. The number of carbonyl (C=O) groups excluding carboxylic acids is 1. The van der Waals surface area contributed by atoms with Crippen molar-refractivity contribution >= 4 is 5.91 Å². The Morgan fingerprint density at radius 3 is 2.53 bits per heavy atom. The molecule has 2 bridgehead atoms. The molecule has 2 aliphatic rings. The summed E-state index contributed by atoms with van der Waals surface area (Å²) in [5.74, 6) is 0.363. The van der Waals surface area contributed by atoms with Crippen LogP contribution in [0.3, 0.4) is 0 Å². The van der Waals surface area contributed by atoms with Gasteiger partial charge in [0.05, 0.1) is 11.6 Å². The molecule has 0 saturated heterocycles. The minimum atomic E-state index is -0.799. The third-order valence-corrected chi connectivity index (χ3v) is 6.44. The Morgan fingerprint density at radius 2 is 2.16 bits per heavy atom. The van der Waals surface area contributed by atoms with E-state index in [9.17, 15) is 9.90 Å². The summed E-state index contributed by atoms with van der Waals surface area (Å²) in [6, 6.07) is -0.187. The molecular formula is C16H27NO2. The maximum atomic E-state index is 11.6. The van der Waals surface area contributed by atoms with Gasteiger partial charge in [-0.05, 0) is 43.1 Å². The lowest BCUT2D eigenvalue weighted by Gasteiger charge is -2.49. The molecular weight excluding hydrogens is 238 g/mol. The number of hydrogen-bond donors (Lipinski definition) is 2. The van der Waals surface area contributed by atoms with Gasteiger partial charge in [0, 0.05) is 5.41 Å². The summed E-state index contributed by atoms with van der Waals surface area (Å²) in [6.45, 7) is 12.3. The van der Waals surface area contributed by atoms with Crippen molar-refractivity contribution in [3.05, 3.63) is 12.7 Å². The van der Waals surface area contributed by atoms with Gasteiger partial charge in [0.1, 0.15) is 0 Å². The zero-order valence-corrected chi connectivity index (χ0v) is 12.6. The van der Waals surface area contributed by atoms with E-state index in [2.05, 4.69) is 32.7 Å². The Labute approximate surface area is 116 Å². The summed E-state index contributed by atoms with van der Waals surface area (Å²) in [5.41, 5.74) is -0.791. The van der Waals surface area contributed by atoms with Gasteiger partial charge in [-0.25, -0.2) is 0 Å². The van der Waals surface area contributed by atoms with Crippen LogP contribution in [0.2, 0.25) is 0 Å². The number of carbonyl (C=O) groups is 1. The Bertz CT molecular complexity index is 404. The van der Waals surface area contributed by atoms with Crippen molar-refractivity contribution < 1.29 is 9.90 Å². The van der Waals surface area contributed by atoms with Crippen molar-refractivity contribution in [3.8, 4) is 0 Å². The summed E-state index contributed by atoms with van der Waals surface area (Å²) >= 11 is 0. The van der Waals surface area contributed by atoms with Crippen LogP contribution in [-0.2, 0) is 4.79 Å². The van der Waals surface area contributed by atoms with Crippen LogP contribution in [-0.4, -0.2) is 22.7 Å². The summed E-state index contributed by atoms with van der Waals surface area (Å²) in [5, 5.41) is 14.3. The van der Waals surface area contributed by atoms with Crippen LogP contribution in [0, 0.1) is 16.7 Å². The second-order valence-corrected chi connectivity index (χ2v) is 7.09. The predicted molar refractivity (Wildman–Crippen MR) is 76.6 cm³/mol. The van der Waals surface area contributed by atoms with Crippen LogP contribution >= 0.6 is 0 Å². The zero-order valence-electron chi connectivity index (χ0n) is 12.6. The number of amides is 1. The van der Waals surface area contributed by atoms with Crippen molar-refractivity contribution in [2.45, 2.75) is 65.0 Å². The molecule has 0 heterocycles. The molecule has 3 heteroatoms. The Hall–Kier alpha value is -0.830. The summed E-state index contributed by atoms with van der Waals surface area (Å²) in [7, 11) is 0. The van der Waals surface area contributed by atoms with E-state index in [4.69, 9.17) is 0 Å². The molecule has 0 aromatic rings. The lowest BCUT2D eigenvalue weighted by atomic mass is 9.61. The molecule has 2 aliphatic carbocycles. The molecule has 0 aliphatic heterocycles. The van der Waals surface area contributed by atoms with Crippen molar-refractivity contribution in [3.63, 3.8) is 0 Å². The first-order valence-corrected chi connectivity index (χ1v) is 7.38. The van der Waals surface area contributed by atoms with Gasteiger partial charge in [-0.15, -0.1) is 0 Å². The first-order chi connectivity index (χ1) is 8.73. The number of aliphatic hydroxyl groups is 1. The molecule has 4 atom stereocenters. The second kappa shape index (κ2) is 4.34. The standard InChI is InChI=1S/C16H27NO2/c1-6-12(17-13(18)7-2)16(19)10-11-8-9-15(16,5)14(11,3)4/h7,11-12,19H,2,6,8-10H2,1,3-5H3,(H,17,18)/t11-,12?,15-,16+/m1/s1. The maximum absolute atomic E-state index is 11.6. The van der Waals surface area contributed by atoms with Gasteiger partial charge in [-0.3, -0.25) is 4.79 Å². The Balaban J connectivity index is 2.33. The van der Waals surface area contributed by atoms with Gasteiger partial charge in [-0.1, -0.05) is 34.3 Å². The fourth-order valence-corrected chi connectivity index (χ4v) is 4.65. The lowest BCUT2D eigenvalue weighted by Crippen LogP contribution is -2.60. The van der Waals surface area contributed by atoms with Gasteiger partial charge >= 0.3 is 0 Å². The summed E-state index contributed by atoms with van der Waals surface area (Å²) in [6.07, 6.45) is 5.06. The first kappa shape index (κ1) is 14.6. The zero-order chi connectivity index (χ0) is 14.5. The van der Waals surface area contributed by atoms with Gasteiger partial charge in [0.2, 0.25) is 5.91 Å². The molecule has 2 saturated carbocycles. The Morgan fingerprint density at radius 1 is 1.53 bits per heavy atom. The molecule has 0 aromatic carbocycles. The summed E-state index contributed by atoms with van der Waals surface area (Å²) in [4.78, 5) is 11.6. The van der Waals surface area contributed by atoms with Crippen LogP contribution in [0.4, 0.5) is 0 Å². The lowest BCUT2D eigenvalue weighted by molar-refractivity contribution is -0.132. The van der Waals surface area contributed by atoms with Gasteiger partial charge in [0.25, 0.3) is 0 Å². The van der Waals surface area contributed by atoms with Crippen LogP contribution in [0.25, 0.3) is 0 Å². The third-order valence-electron chi connectivity index (χ3n) is 6.44. The average Bonchev–Trinajstić information content (AvgIpc) is 2.67. The van der Waals surface area contributed by atoms with E-state index in [0.29, 0.717) is 5.92 Å². The normalized spacial score (nSPS) is 41.0. The van der Waals surface area contributed by atoms with Crippen LogP contribution in [0.15, 0.2) is 12.7 Å². The third kappa shape index (κ3) is 1.70. The molecule has 0 spiro atoms. The minimum Gasteiger partial charge on any atom is -0.387 e. The van der Waals surface area contributed by atoms with Crippen LogP contribution < -0.4 is 5.32 Å². The largest absolute Gasteiger partial charge is 0.387 e. The Kier molecular flexibility index (Phi) is 3.33. The fourth-order valence-electron chi connectivity index (χ4n) is 4.65. The highest BCUT2D eigenvalue weighted by Crippen LogP contribution is 2.70. The highest BCUT2D eigenvalue weighted by Gasteiger charge is 2.70. The molecule has 0 aromatic heterocycles. The van der Waals surface area contributed by atoms with E-state index < -0.39 is 5.60 Å². The van der Waals surface area contributed by atoms with Crippen molar-refractivity contribution in [2.75, 3.05) is 0 Å². The van der Waals surface area contributed by atoms with Crippen LogP contribution in [0.1, 0.15) is 53.4 Å². The topological polar surface area (TPSA) is 49.3 Å². The number of fused-ring (bicyclic) bond motifs is 2. The molecule has 19 heavy (non-hydrogen) atoms. The van der Waals surface area contributed by atoms with Gasteiger partial charge in [0.15, 0.2) is 0 Å². The predicted octanol–water partition coefficient (Wildman–Crippen LogP) is 2.64. The van der Waals surface area contributed by atoms with Crippen molar-refractivity contribution in [1.29, 1.82) is 0 Å².